The molecule has 1 atom stereocenters. The van der Waals surface area contributed by atoms with E-state index in [2.05, 4.69) is 10.6 Å². The molecule has 2 N–H and O–H groups in total. The zero-order valence-corrected chi connectivity index (χ0v) is 18.2. The lowest BCUT2D eigenvalue weighted by atomic mass is 10.1. The molecular formula is C21H26N4O5S. The second kappa shape index (κ2) is 8.62. The third-order valence-corrected chi connectivity index (χ3v) is 6.76. The van der Waals surface area contributed by atoms with E-state index < -0.39 is 9.84 Å². The number of carbonyl (C=O) groups is 2. The van der Waals surface area contributed by atoms with E-state index in [9.17, 15) is 18.0 Å². The molecule has 1 aromatic heterocycles. The van der Waals surface area contributed by atoms with Crippen LogP contribution in [0.15, 0.2) is 45.9 Å². The highest BCUT2D eigenvalue weighted by molar-refractivity contribution is 7.90. The fourth-order valence-corrected chi connectivity index (χ4v) is 4.71. The Hall–Kier alpha value is -3.01. The fourth-order valence-electron chi connectivity index (χ4n) is 4.04. The Morgan fingerprint density at radius 3 is 2.77 bits per heavy atom. The number of carbonyl (C=O) groups excluding carboxylic acids is 2. The summed E-state index contributed by atoms with van der Waals surface area (Å²) in [6, 6.07) is 7.88. The molecule has 1 aromatic carbocycles. The van der Waals surface area contributed by atoms with Crippen molar-refractivity contribution in [3.05, 3.63) is 47.9 Å². The number of benzene rings is 1. The van der Waals surface area contributed by atoms with Gasteiger partial charge in [0.25, 0.3) is 0 Å². The minimum absolute atomic E-state index is 0.144. The van der Waals surface area contributed by atoms with E-state index in [4.69, 9.17) is 4.42 Å². The molecule has 4 rings (SSSR count). The maximum Gasteiger partial charge on any atom is 0.322 e. The van der Waals surface area contributed by atoms with Gasteiger partial charge in [0.05, 0.1) is 17.7 Å². The molecule has 166 valence electrons. The molecule has 3 heterocycles. The van der Waals surface area contributed by atoms with E-state index in [0.717, 1.165) is 24.1 Å². The number of hydrogen-bond acceptors (Lipinski definition) is 5. The van der Waals surface area contributed by atoms with Crippen LogP contribution < -0.4 is 15.5 Å². The molecule has 1 fully saturated rings. The molecule has 9 nitrogen and oxygen atoms in total. The number of hydrogen-bond donors (Lipinski definition) is 2. The van der Waals surface area contributed by atoms with E-state index in [1.807, 2.05) is 0 Å². The van der Waals surface area contributed by atoms with Gasteiger partial charge in [-0.3, -0.25) is 4.90 Å². The second-order valence-corrected chi connectivity index (χ2v) is 9.95. The van der Waals surface area contributed by atoms with Gasteiger partial charge >= 0.3 is 12.1 Å². The number of piperidine rings is 1. The van der Waals surface area contributed by atoms with Crippen LogP contribution in [-0.4, -0.2) is 57.3 Å². The van der Waals surface area contributed by atoms with Gasteiger partial charge in [0, 0.05) is 37.6 Å². The van der Waals surface area contributed by atoms with Crippen LogP contribution in [0.1, 0.15) is 24.2 Å². The van der Waals surface area contributed by atoms with Crippen molar-refractivity contribution in [1.82, 2.24) is 15.5 Å². The van der Waals surface area contributed by atoms with Gasteiger partial charge in [-0.1, -0.05) is 0 Å². The van der Waals surface area contributed by atoms with Gasteiger partial charge in [-0.25, -0.2) is 18.0 Å². The van der Waals surface area contributed by atoms with Crippen molar-refractivity contribution in [2.45, 2.75) is 36.7 Å². The number of fused-ring (bicyclic) bond motifs is 1. The molecule has 4 amide bonds. The number of furan rings is 1. The molecule has 31 heavy (non-hydrogen) atoms. The molecule has 0 aliphatic carbocycles. The number of anilines is 1. The number of likely N-dealkylation sites (tertiary alicyclic amines) is 1. The van der Waals surface area contributed by atoms with Crippen LogP contribution in [0.3, 0.4) is 0 Å². The summed E-state index contributed by atoms with van der Waals surface area (Å²) in [5, 5.41) is 5.86. The van der Waals surface area contributed by atoms with Crippen molar-refractivity contribution in [3.63, 3.8) is 0 Å². The van der Waals surface area contributed by atoms with Crippen LogP contribution in [0.2, 0.25) is 0 Å². The Morgan fingerprint density at radius 1 is 1.19 bits per heavy atom. The van der Waals surface area contributed by atoms with Crippen LogP contribution in [0.4, 0.5) is 15.3 Å². The van der Waals surface area contributed by atoms with E-state index >= 15 is 0 Å². The lowest BCUT2D eigenvalue weighted by Gasteiger charge is -2.34. The van der Waals surface area contributed by atoms with Crippen molar-refractivity contribution in [2.24, 2.45) is 0 Å². The number of rotatable bonds is 4. The fraction of sp³-hybridized carbons (Fsp3) is 0.429. The van der Waals surface area contributed by atoms with Crippen molar-refractivity contribution >= 4 is 27.6 Å². The second-order valence-electron chi connectivity index (χ2n) is 7.94. The van der Waals surface area contributed by atoms with Gasteiger partial charge in [-0.2, -0.15) is 0 Å². The van der Waals surface area contributed by atoms with Crippen LogP contribution in [0, 0.1) is 0 Å². The number of nitrogens with one attached hydrogen (secondary N) is 2. The SMILES string of the molecule is CS(=O)(=O)c1ccc2c(c1)CCN2C(=O)NC1CCCN(C(=O)NCc2ccco2)C1. The lowest BCUT2D eigenvalue weighted by molar-refractivity contribution is 0.171. The first-order valence-electron chi connectivity index (χ1n) is 10.3. The van der Waals surface area contributed by atoms with E-state index in [1.165, 1.54) is 12.3 Å². The summed E-state index contributed by atoms with van der Waals surface area (Å²) in [5.74, 6) is 0.682. The minimum atomic E-state index is -3.29. The summed E-state index contributed by atoms with van der Waals surface area (Å²) < 4.78 is 28.8. The summed E-state index contributed by atoms with van der Waals surface area (Å²) in [6.07, 6.45) is 4.94. The van der Waals surface area contributed by atoms with Crippen molar-refractivity contribution < 1.29 is 22.4 Å². The van der Waals surface area contributed by atoms with Crippen LogP contribution >= 0.6 is 0 Å². The average Bonchev–Trinajstić information content (AvgIpc) is 3.40. The van der Waals surface area contributed by atoms with E-state index in [1.54, 1.807) is 40.3 Å². The van der Waals surface area contributed by atoms with Crippen molar-refractivity contribution in [1.29, 1.82) is 0 Å². The largest absolute Gasteiger partial charge is 0.467 e. The zero-order chi connectivity index (χ0) is 22.0. The average molecular weight is 447 g/mol. The number of urea groups is 2. The predicted molar refractivity (Wildman–Crippen MR) is 115 cm³/mol. The lowest BCUT2D eigenvalue weighted by Crippen LogP contribution is -2.54. The summed E-state index contributed by atoms with van der Waals surface area (Å²) in [7, 11) is -3.29. The number of sulfone groups is 1. The molecule has 0 radical (unpaired) electrons. The normalized spacial score (nSPS) is 18.5. The Labute approximate surface area is 181 Å². The Bertz CT molecular complexity index is 1070. The molecule has 10 heteroatoms. The summed E-state index contributed by atoms with van der Waals surface area (Å²) >= 11 is 0. The van der Waals surface area contributed by atoms with Gasteiger partial charge in [0.15, 0.2) is 9.84 Å². The van der Waals surface area contributed by atoms with Gasteiger partial charge < -0.3 is 20.0 Å². The topological polar surface area (TPSA) is 112 Å². The first kappa shape index (κ1) is 21.2. The first-order chi connectivity index (χ1) is 14.8. The molecule has 2 aliphatic heterocycles. The Morgan fingerprint density at radius 2 is 2.03 bits per heavy atom. The predicted octanol–water partition coefficient (Wildman–Crippen LogP) is 2.13. The molecule has 0 spiro atoms. The highest BCUT2D eigenvalue weighted by Gasteiger charge is 2.30. The third kappa shape index (κ3) is 4.84. The molecular weight excluding hydrogens is 420 g/mol. The summed E-state index contributed by atoms with van der Waals surface area (Å²) in [4.78, 5) is 28.9. The van der Waals surface area contributed by atoms with Crippen molar-refractivity contribution in [3.8, 4) is 0 Å². The molecule has 0 saturated carbocycles. The molecule has 2 aromatic rings. The smallest absolute Gasteiger partial charge is 0.322 e. The highest BCUT2D eigenvalue weighted by atomic mass is 32.2. The summed E-state index contributed by atoms with van der Waals surface area (Å²) in [5.41, 5.74) is 1.58. The molecule has 1 unspecified atom stereocenters. The van der Waals surface area contributed by atoms with Crippen LogP contribution in [-0.2, 0) is 22.8 Å². The third-order valence-electron chi connectivity index (χ3n) is 5.65. The Kier molecular flexibility index (Phi) is 5.90. The molecule has 1 saturated heterocycles. The monoisotopic (exact) mass is 446 g/mol. The van der Waals surface area contributed by atoms with E-state index in [-0.39, 0.29) is 23.0 Å². The van der Waals surface area contributed by atoms with Crippen molar-refractivity contribution in [2.75, 3.05) is 30.8 Å². The minimum Gasteiger partial charge on any atom is -0.467 e. The van der Waals surface area contributed by atoms with Crippen LogP contribution in [0.25, 0.3) is 0 Å². The van der Waals surface area contributed by atoms with Gasteiger partial charge in [-0.05, 0) is 55.2 Å². The molecule has 0 bridgehead atoms. The van der Waals surface area contributed by atoms with Gasteiger partial charge in [0.2, 0.25) is 0 Å². The summed E-state index contributed by atoms with van der Waals surface area (Å²) in [6.45, 7) is 1.88. The standard InChI is InChI=1S/C21H26N4O5S/c1-31(28,29)18-6-7-19-15(12-18)8-10-25(19)21(27)23-16-4-2-9-24(14-16)20(26)22-13-17-5-3-11-30-17/h3,5-7,11-12,16H,2,4,8-10,13-14H2,1H3,(H,22,26)(H,23,27). The molecule has 2 aliphatic rings. The quantitative estimate of drug-likeness (QED) is 0.747. The maximum atomic E-state index is 12.9. The Balaban J connectivity index is 1.34. The van der Waals surface area contributed by atoms with E-state index in [0.29, 0.717) is 38.4 Å². The highest BCUT2D eigenvalue weighted by Crippen LogP contribution is 2.30. The maximum absolute atomic E-state index is 12.9. The number of amides is 4. The van der Waals surface area contributed by atoms with Gasteiger partial charge in [0.1, 0.15) is 5.76 Å². The zero-order valence-electron chi connectivity index (χ0n) is 17.3. The van der Waals surface area contributed by atoms with Gasteiger partial charge in [-0.15, -0.1) is 0 Å². The first-order valence-corrected chi connectivity index (χ1v) is 12.2. The number of nitrogens with zero attached hydrogens (tertiary/aromatic N) is 2. The van der Waals surface area contributed by atoms with Crippen LogP contribution in [0.5, 0.6) is 0 Å².